The van der Waals surface area contributed by atoms with E-state index in [1.54, 1.807) is 0 Å². The van der Waals surface area contributed by atoms with E-state index in [9.17, 15) is 0 Å². The molecule has 0 bridgehead atoms. The maximum atomic E-state index is 4.69. The number of nitrogens with zero attached hydrogens (tertiary/aromatic N) is 2. The van der Waals surface area contributed by atoms with Crippen molar-refractivity contribution in [1.29, 1.82) is 0 Å². The minimum absolute atomic E-state index is 0.277. The fraction of sp³-hybridized carbons (Fsp3) is 0.722. The lowest BCUT2D eigenvalue weighted by molar-refractivity contribution is 0.0391. The van der Waals surface area contributed by atoms with Crippen LogP contribution < -0.4 is 5.32 Å². The van der Waals surface area contributed by atoms with Gasteiger partial charge in [0.25, 0.3) is 0 Å². The quantitative estimate of drug-likeness (QED) is 0.926. The van der Waals surface area contributed by atoms with Gasteiger partial charge in [0.1, 0.15) is 0 Å². The van der Waals surface area contributed by atoms with Crippen LogP contribution >= 0.6 is 0 Å². The Bertz CT molecular complexity index is 462. The van der Waals surface area contributed by atoms with Gasteiger partial charge in [-0.3, -0.25) is 9.88 Å². The van der Waals surface area contributed by atoms with E-state index in [0.29, 0.717) is 18.0 Å². The monoisotopic (exact) mass is 289 g/mol. The number of aryl methyl sites for hydroxylation is 1. The summed E-state index contributed by atoms with van der Waals surface area (Å²) in [5.74, 6) is 0.666. The molecule has 0 saturated carbocycles. The van der Waals surface area contributed by atoms with Gasteiger partial charge in [0.2, 0.25) is 0 Å². The lowest BCUT2D eigenvalue weighted by atomic mass is 9.83. The van der Waals surface area contributed by atoms with Crippen LogP contribution in [0.4, 0.5) is 0 Å². The molecule has 118 valence electrons. The van der Waals surface area contributed by atoms with Crippen LogP contribution in [0, 0.1) is 18.3 Å². The zero-order valence-corrected chi connectivity index (χ0v) is 14.5. The van der Waals surface area contributed by atoms with E-state index >= 15 is 0 Å². The molecule has 2 unspecified atom stereocenters. The van der Waals surface area contributed by atoms with E-state index in [0.717, 1.165) is 25.3 Å². The molecule has 2 atom stereocenters. The number of hydrogen-bond acceptors (Lipinski definition) is 3. The molecule has 0 aromatic carbocycles. The Morgan fingerprint density at radius 3 is 2.62 bits per heavy atom. The van der Waals surface area contributed by atoms with Crippen LogP contribution in [0.3, 0.4) is 0 Å². The predicted octanol–water partition coefficient (Wildman–Crippen LogP) is 3.23. The standard InChI is InChI=1S/C18H31N3/c1-13(2)16-12-21(17(10-19-16)18(4,5)6)11-15-9-7-8-14(3)20-15/h7-9,13,16-17,19H,10-12H2,1-6H3. The average molecular weight is 289 g/mol. The molecule has 0 spiro atoms. The summed E-state index contributed by atoms with van der Waals surface area (Å²) in [7, 11) is 0. The lowest BCUT2D eigenvalue weighted by Crippen LogP contribution is -2.61. The SMILES string of the molecule is Cc1cccc(CN2CC(C(C)C)NCC2C(C)(C)C)n1. The third-order valence-electron chi connectivity index (χ3n) is 4.56. The van der Waals surface area contributed by atoms with E-state index in [1.807, 2.05) is 0 Å². The highest BCUT2D eigenvalue weighted by molar-refractivity contribution is 5.10. The van der Waals surface area contributed by atoms with E-state index in [2.05, 4.69) is 70.0 Å². The highest BCUT2D eigenvalue weighted by Crippen LogP contribution is 2.28. The smallest absolute Gasteiger partial charge is 0.0547 e. The van der Waals surface area contributed by atoms with E-state index < -0.39 is 0 Å². The van der Waals surface area contributed by atoms with Gasteiger partial charge in [-0.1, -0.05) is 40.7 Å². The van der Waals surface area contributed by atoms with Crippen molar-refractivity contribution < 1.29 is 0 Å². The van der Waals surface area contributed by atoms with Crippen molar-refractivity contribution in [3.63, 3.8) is 0 Å². The molecule has 0 amide bonds. The Morgan fingerprint density at radius 2 is 2.05 bits per heavy atom. The first-order valence-corrected chi connectivity index (χ1v) is 8.17. The summed E-state index contributed by atoms with van der Waals surface area (Å²) in [5, 5.41) is 3.74. The Hall–Kier alpha value is -0.930. The van der Waals surface area contributed by atoms with Gasteiger partial charge in [-0.05, 0) is 30.4 Å². The molecule has 1 aliphatic heterocycles. The molecule has 1 fully saturated rings. The number of pyridine rings is 1. The number of aromatic nitrogens is 1. The zero-order valence-electron chi connectivity index (χ0n) is 14.5. The van der Waals surface area contributed by atoms with Crippen LogP contribution in [0.25, 0.3) is 0 Å². The van der Waals surface area contributed by atoms with Gasteiger partial charge in [-0.2, -0.15) is 0 Å². The summed E-state index contributed by atoms with van der Waals surface area (Å²) in [6, 6.07) is 7.47. The van der Waals surface area contributed by atoms with Crippen LogP contribution in [-0.4, -0.2) is 35.1 Å². The first-order valence-electron chi connectivity index (χ1n) is 8.17. The first kappa shape index (κ1) is 16.4. The van der Waals surface area contributed by atoms with Crippen molar-refractivity contribution in [3.05, 3.63) is 29.6 Å². The van der Waals surface area contributed by atoms with Gasteiger partial charge in [0, 0.05) is 37.4 Å². The van der Waals surface area contributed by atoms with Crippen molar-refractivity contribution in [2.24, 2.45) is 11.3 Å². The number of piperazine rings is 1. The molecule has 0 radical (unpaired) electrons. The summed E-state index contributed by atoms with van der Waals surface area (Å²) in [6.07, 6.45) is 0. The summed E-state index contributed by atoms with van der Waals surface area (Å²) in [4.78, 5) is 7.32. The van der Waals surface area contributed by atoms with Crippen LogP contribution in [0.1, 0.15) is 46.0 Å². The van der Waals surface area contributed by atoms with Gasteiger partial charge >= 0.3 is 0 Å². The molecule has 1 saturated heterocycles. The molecule has 1 aromatic heterocycles. The van der Waals surface area contributed by atoms with Crippen molar-refractivity contribution in [3.8, 4) is 0 Å². The number of nitrogens with one attached hydrogen (secondary N) is 1. The Morgan fingerprint density at radius 1 is 1.33 bits per heavy atom. The molecule has 2 heterocycles. The fourth-order valence-corrected chi connectivity index (χ4v) is 3.21. The van der Waals surface area contributed by atoms with Crippen molar-refractivity contribution in [2.75, 3.05) is 13.1 Å². The molecule has 0 aliphatic carbocycles. The van der Waals surface area contributed by atoms with Gasteiger partial charge in [-0.25, -0.2) is 0 Å². The van der Waals surface area contributed by atoms with Crippen molar-refractivity contribution in [2.45, 2.75) is 60.2 Å². The Labute approximate surface area is 130 Å². The summed E-state index contributed by atoms with van der Waals surface area (Å²) < 4.78 is 0. The summed E-state index contributed by atoms with van der Waals surface area (Å²) in [6.45, 7) is 16.8. The highest BCUT2D eigenvalue weighted by Gasteiger charge is 2.36. The van der Waals surface area contributed by atoms with Gasteiger partial charge in [-0.15, -0.1) is 0 Å². The third kappa shape index (κ3) is 4.27. The molecular weight excluding hydrogens is 258 g/mol. The Kier molecular flexibility index (Phi) is 5.05. The van der Waals surface area contributed by atoms with Gasteiger partial charge in [0.05, 0.1) is 5.69 Å². The fourth-order valence-electron chi connectivity index (χ4n) is 3.21. The number of rotatable bonds is 3. The van der Waals surface area contributed by atoms with Gasteiger partial charge < -0.3 is 5.32 Å². The van der Waals surface area contributed by atoms with Crippen molar-refractivity contribution in [1.82, 2.24) is 15.2 Å². The molecule has 3 nitrogen and oxygen atoms in total. The highest BCUT2D eigenvalue weighted by atomic mass is 15.2. The second-order valence-electron chi connectivity index (χ2n) is 7.84. The lowest BCUT2D eigenvalue weighted by Gasteiger charge is -2.47. The summed E-state index contributed by atoms with van der Waals surface area (Å²) in [5.41, 5.74) is 2.57. The van der Waals surface area contributed by atoms with E-state index in [4.69, 9.17) is 4.98 Å². The maximum absolute atomic E-state index is 4.69. The van der Waals surface area contributed by atoms with Gasteiger partial charge in [0.15, 0.2) is 0 Å². The summed E-state index contributed by atoms with van der Waals surface area (Å²) >= 11 is 0. The zero-order chi connectivity index (χ0) is 15.6. The molecular formula is C18H31N3. The van der Waals surface area contributed by atoms with Crippen LogP contribution in [0.5, 0.6) is 0 Å². The van der Waals surface area contributed by atoms with Crippen LogP contribution in [0.15, 0.2) is 18.2 Å². The Balaban J connectivity index is 2.17. The second-order valence-corrected chi connectivity index (χ2v) is 7.84. The predicted molar refractivity (Wildman–Crippen MR) is 89.3 cm³/mol. The molecule has 1 N–H and O–H groups in total. The first-order chi connectivity index (χ1) is 9.77. The van der Waals surface area contributed by atoms with Crippen LogP contribution in [0.2, 0.25) is 0 Å². The molecule has 21 heavy (non-hydrogen) atoms. The van der Waals surface area contributed by atoms with Crippen LogP contribution in [-0.2, 0) is 6.54 Å². The maximum Gasteiger partial charge on any atom is 0.0547 e. The normalized spacial score (nSPS) is 24.5. The van der Waals surface area contributed by atoms with E-state index in [-0.39, 0.29) is 5.41 Å². The molecule has 2 rings (SSSR count). The topological polar surface area (TPSA) is 28.2 Å². The number of hydrogen-bond donors (Lipinski definition) is 1. The van der Waals surface area contributed by atoms with Crippen molar-refractivity contribution >= 4 is 0 Å². The largest absolute Gasteiger partial charge is 0.311 e. The minimum Gasteiger partial charge on any atom is -0.311 e. The third-order valence-corrected chi connectivity index (χ3v) is 4.56. The molecule has 3 heteroatoms. The molecule has 1 aromatic rings. The second kappa shape index (κ2) is 6.45. The molecule has 1 aliphatic rings. The minimum atomic E-state index is 0.277. The van der Waals surface area contributed by atoms with E-state index in [1.165, 1.54) is 5.69 Å². The average Bonchev–Trinajstić information content (AvgIpc) is 2.37.